The number of ether oxygens (including phenoxy) is 2. The van der Waals surface area contributed by atoms with Crippen molar-refractivity contribution >= 4 is 11.9 Å². The van der Waals surface area contributed by atoms with Crippen LogP contribution in [0.4, 0.5) is 0 Å². The van der Waals surface area contributed by atoms with Gasteiger partial charge in [0.1, 0.15) is 13.2 Å². The number of esters is 1. The molecule has 6 nitrogen and oxygen atoms in total. The van der Waals surface area contributed by atoms with Gasteiger partial charge in [-0.15, -0.1) is 0 Å². The van der Waals surface area contributed by atoms with Crippen LogP contribution in [0.15, 0.2) is 24.3 Å². The van der Waals surface area contributed by atoms with Crippen LogP contribution in [0, 0.1) is 19.3 Å². The van der Waals surface area contributed by atoms with Crippen LogP contribution in [0.2, 0.25) is 0 Å². The van der Waals surface area contributed by atoms with E-state index in [2.05, 4.69) is 55.7 Å². The molecule has 2 aromatic carbocycles. The van der Waals surface area contributed by atoms with E-state index >= 15 is 0 Å². The Hall–Kier alpha value is -2.70. The van der Waals surface area contributed by atoms with Crippen LogP contribution in [0.3, 0.4) is 0 Å². The van der Waals surface area contributed by atoms with E-state index in [0.29, 0.717) is 30.9 Å². The molecule has 2 unspecified atom stereocenters. The fraction of sp³-hybridized carbons (Fsp3) is 0.500. The molecule has 3 aliphatic heterocycles. The molecule has 34 heavy (non-hydrogen) atoms. The molecule has 6 heteroatoms. The fourth-order valence-corrected chi connectivity index (χ4v) is 5.96. The van der Waals surface area contributed by atoms with Crippen molar-refractivity contribution < 1.29 is 14.3 Å². The van der Waals surface area contributed by atoms with E-state index in [9.17, 15) is 4.79 Å². The first-order valence-corrected chi connectivity index (χ1v) is 12.4. The van der Waals surface area contributed by atoms with Gasteiger partial charge in [-0.3, -0.25) is 5.41 Å². The minimum Gasteiger partial charge on any atom is -0.473 e. The molecular weight excluding hydrogens is 426 g/mol. The summed E-state index contributed by atoms with van der Waals surface area (Å²) < 4.78 is 10.7. The van der Waals surface area contributed by atoms with E-state index in [1.165, 1.54) is 27.8 Å². The summed E-state index contributed by atoms with van der Waals surface area (Å²) in [6.45, 7) is 16.3. The quantitative estimate of drug-likeness (QED) is 0.648. The smallest absolute Gasteiger partial charge is 0.338 e. The van der Waals surface area contributed by atoms with Crippen molar-refractivity contribution in [1.29, 1.82) is 5.41 Å². The molecule has 0 aromatic heterocycles. The van der Waals surface area contributed by atoms with Crippen molar-refractivity contribution in [3.8, 4) is 0 Å². The largest absolute Gasteiger partial charge is 0.473 e. The molecule has 1 N–H and O–H groups in total. The van der Waals surface area contributed by atoms with Crippen molar-refractivity contribution in [2.45, 2.75) is 52.7 Å². The maximum atomic E-state index is 11.8. The standard InChI is InChI=1S/C28H35N3O3/c1-17(21-5-7-23-25(19(21)3)15-33-27(23)29)13-30-9-11-31(12-10-30)14-18(2)22-6-8-24-26(20(22)4)16-34-28(24)32/h5-8,17-18,29H,9-16H2,1-4H3. The molecule has 2 atom stereocenters. The summed E-state index contributed by atoms with van der Waals surface area (Å²) in [6, 6.07) is 8.32. The number of carbonyl (C=O) groups is 1. The van der Waals surface area contributed by atoms with E-state index in [1.807, 2.05) is 6.07 Å². The molecule has 180 valence electrons. The monoisotopic (exact) mass is 461 g/mol. The maximum absolute atomic E-state index is 11.8. The molecule has 0 radical (unpaired) electrons. The summed E-state index contributed by atoms with van der Waals surface area (Å²) in [5.41, 5.74) is 9.16. The van der Waals surface area contributed by atoms with E-state index in [0.717, 1.165) is 56.0 Å². The van der Waals surface area contributed by atoms with Gasteiger partial charge in [0, 0.05) is 56.0 Å². The number of rotatable bonds is 6. The third-order valence-electron chi connectivity index (χ3n) is 8.04. The molecule has 3 aliphatic rings. The molecule has 5 rings (SSSR count). The summed E-state index contributed by atoms with van der Waals surface area (Å²) in [7, 11) is 0. The Kier molecular flexibility index (Phi) is 6.21. The van der Waals surface area contributed by atoms with Crippen LogP contribution in [-0.4, -0.2) is 60.9 Å². The summed E-state index contributed by atoms with van der Waals surface area (Å²) in [5, 5.41) is 7.93. The SMILES string of the molecule is Cc1c(C(C)CN2CCN(CC(C)c3ccc4c(c3C)COC4=O)CC2)ccc2c1COC2=N. The molecule has 0 saturated carbocycles. The average Bonchev–Trinajstić information content (AvgIpc) is 3.39. The van der Waals surface area contributed by atoms with Gasteiger partial charge < -0.3 is 19.3 Å². The van der Waals surface area contributed by atoms with E-state index in [4.69, 9.17) is 14.9 Å². The third-order valence-corrected chi connectivity index (χ3v) is 8.04. The zero-order chi connectivity index (χ0) is 24.0. The molecule has 0 aliphatic carbocycles. The predicted octanol–water partition coefficient (Wildman–Crippen LogP) is 4.35. The molecule has 0 amide bonds. The van der Waals surface area contributed by atoms with Gasteiger partial charge in [0.2, 0.25) is 5.90 Å². The second kappa shape index (κ2) is 9.16. The Labute approximate surface area is 202 Å². The maximum Gasteiger partial charge on any atom is 0.338 e. The minimum atomic E-state index is -0.189. The second-order valence-corrected chi connectivity index (χ2v) is 10.2. The third kappa shape index (κ3) is 4.14. The Balaban J connectivity index is 1.16. The topological polar surface area (TPSA) is 65.9 Å². The van der Waals surface area contributed by atoms with Gasteiger partial charge in [-0.2, -0.15) is 0 Å². The molecular formula is C28H35N3O3. The highest BCUT2D eigenvalue weighted by Gasteiger charge is 2.27. The molecule has 0 spiro atoms. The lowest BCUT2D eigenvalue weighted by Gasteiger charge is -2.37. The number of piperazine rings is 1. The highest BCUT2D eigenvalue weighted by atomic mass is 16.5. The predicted molar refractivity (Wildman–Crippen MR) is 133 cm³/mol. The average molecular weight is 462 g/mol. The molecule has 2 aromatic rings. The van der Waals surface area contributed by atoms with Crippen LogP contribution in [0.1, 0.15) is 75.0 Å². The second-order valence-electron chi connectivity index (χ2n) is 10.2. The fourth-order valence-electron chi connectivity index (χ4n) is 5.96. The zero-order valence-electron chi connectivity index (χ0n) is 20.7. The first-order chi connectivity index (χ1) is 16.3. The summed E-state index contributed by atoms with van der Waals surface area (Å²) in [6.07, 6.45) is 0. The Bertz CT molecular complexity index is 1040. The van der Waals surface area contributed by atoms with E-state index in [-0.39, 0.29) is 5.97 Å². The van der Waals surface area contributed by atoms with Crippen LogP contribution < -0.4 is 0 Å². The Morgan fingerprint density at radius 3 is 1.82 bits per heavy atom. The highest BCUT2D eigenvalue weighted by molar-refractivity contribution is 5.96. The number of cyclic esters (lactones) is 1. The number of hydrogen-bond donors (Lipinski definition) is 1. The van der Waals surface area contributed by atoms with Crippen LogP contribution in [0.5, 0.6) is 0 Å². The number of nitrogens with one attached hydrogen (secondary N) is 1. The number of carbonyl (C=O) groups excluding carboxylic acids is 1. The van der Waals surface area contributed by atoms with Crippen LogP contribution in [-0.2, 0) is 22.7 Å². The zero-order valence-corrected chi connectivity index (χ0v) is 20.7. The summed E-state index contributed by atoms with van der Waals surface area (Å²) >= 11 is 0. The lowest BCUT2D eigenvalue weighted by Crippen LogP contribution is -2.48. The number of nitrogens with zero attached hydrogens (tertiary/aromatic N) is 2. The van der Waals surface area contributed by atoms with Gasteiger partial charge >= 0.3 is 5.97 Å². The van der Waals surface area contributed by atoms with Crippen molar-refractivity contribution in [2.24, 2.45) is 0 Å². The normalized spacial score (nSPS) is 20.0. The Morgan fingerprint density at radius 1 is 0.794 bits per heavy atom. The van der Waals surface area contributed by atoms with Crippen LogP contribution in [0.25, 0.3) is 0 Å². The Morgan fingerprint density at radius 2 is 1.26 bits per heavy atom. The highest BCUT2D eigenvalue weighted by Crippen LogP contribution is 2.32. The molecule has 1 saturated heterocycles. The van der Waals surface area contributed by atoms with Gasteiger partial charge in [-0.1, -0.05) is 26.0 Å². The number of benzene rings is 2. The lowest BCUT2D eigenvalue weighted by molar-refractivity contribution is 0.0535. The van der Waals surface area contributed by atoms with Gasteiger partial charge in [0.25, 0.3) is 0 Å². The lowest BCUT2D eigenvalue weighted by atomic mass is 9.90. The van der Waals surface area contributed by atoms with Crippen LogP contribution >= 0.6 is 0 Å². The van der Waals surface area contributed by atoms with Gasteiger partial charge in [-0.25, -0.2) is 4.79 Å². The molecule has 0 bridgehead atoms. The van der Waals surface area contributed by atoms with Gasteiger partial charge in [-0.05, 0) is 60.1 Å². The molecule has 3 heterocycles. The first kappa shape index (κ1) is 23.1. The van der Waals surface area contributed by atoms with Crippen molar-refractivity contribution in [1.82, 2.24) is 9.80 Å². The van der Waals surface area contributed by atoms with E-state index in [1.54, 1.807) is 0 Å². The number of fused-ring (bicyclic) bond motifs is 2. The van der Waals surface area contributed by atoms with Crippen molar-refractivity contribution in [3.63, 3.8) is 0 Å². The van der Waals surface area contributed by atoms with Crippen molar-refractivity contribution in [3.05, 3.63) is 68.8 Å². The first-order valence-electron chi connectivity index (χ1n) is 12.4. The summed E-state index contributed by atoms with van der Waals surface area (Å²) in [5.74, 6) is 0.983. The van der Waals surface area contributed by atoms with E-state index < -0.39 is 0 Å². The molecule has 1 fully saturated rings. The van der Waals surface area contributed by atoms with Crippen molar-refractivity contribution in [2.75, 3.05) is 39.3 Å². The number of hydrogen-bond acceptors (Lipinski definition) is 6. The van der Waals surface area contributed by atoms with Gasteiger partial charge in [0.15, 0.2) is 0 Å². The van der Waals surface area contributed by atoms with Gasteiger partial charge in [0.05, 0.1) is 5.56 Å². The minimum absolute atomic E-state index is 0.189. The summed E-state index contributed by atoms with van der Waals surface area (Å²) in [4.78, 5) is 17.0.